The molecule has 1 heterocycles. The molecule has 2 aromatic rings. The smallest absolute Gasteiger partial charge is 0.0717 e. The Bertz CT molecular complexity index is 506. The minimum absolute atomic E-state index is 0. The Labute approximate surface area is 117 Å². The van der Waals surface area contributed by atoms with Gasteiger partial charge in [-0.05, 0) is 29.8 Å². The van der Waals surface area contributed by atoms with Crippen LogP contribution < -0.4 is 5.73 Å². The second-order valence-corrected chi connectivity index (χ2v) is 4.15. The highest BCUT2D eigenvalue weighted by atomic mass is 35.5. The first kappa shape index (κ1) is 14.9. The summed E-state index contributed by atoms with van der Waals surface area (Å²) in [7, 11) is 0. The van der Waals surface area contributed by atoms with Crippen LogP contribution in [0.2, 0.25) is 5.02 Å². The van der Waals surface area contributed by atoms with Gasteiger partial charge in [-0.1, -0.05) is 23.7 Å². The van der Waals surface area contributed by atoms with Gasteiger partial charge in [0.05, 0.1) is 18.3 Å². The van der Waals surface area contributed by atoms with Crippen molar-refractivity contribution in [2.75, 3.05) is 6.61 Å². The van der Waals surface area contributed by atoms with Gasteiger partial charge in [-0.3, -0.25) is 4.98 Å². The third kappa shape index (κ3) is 3.21. The van der Waals surface area contributed by atoms with Gasteiger partial charge in [0.25, 0.3) is 0 Å². The lowest BCUT2D eigenvalue weighted by Gasteiger charge is -2.11. The van der Waals surface area contributed by atoms with Crippen LogP contribution in [0.4, 0.5) is 0 Å². The van der Waals surface area contributed by atoms with Crippen molar-refractivity contribution in [1.82, 2.24) is 4.98 Å². The lowest BCUT2D eigenvalue weighted by Crippen LogP contribution is -2.14. The number of rotatable bonds is 3. The van der Waals surface area contributed by atoms with E-state index in [4.69, 9.17) is 22.4 Å². The number of pyridine rings is 1. The Morgan fingerprint density at radius 1 is 1.28 bits per heavy atom. The molecule has 0 saturated heterocycles. The summed E-state index contributed by atoms with van der Waals surface area (Å²) in [5.74, 6) is 0. The molecule has 1 atom stereocenters. The Kier molecular flexibility index (Phi) is 5.56. The van der Waals surface area contributed by atoms with E-state index in [0.717, 1.165) is 16.8 Å². The third-order valence-corrected chi connectivity index (χ3v) is 2.89. The van der Waals surface area contributed by atoms with Crippen LogP contribution in [0.1, 0.15) is 11.6 Å². The van der Waals surface area contributed by atoms with Crippen LogP contribution in [0.25, 0.3) is 11.3 Å². The fourth-order valence-corrected chi connectivity index (χ4v) is 1.81. The molecule has 0 aliphatic rings. The molecule has 0 bridgehead atoms. The molecule has 0 aliphatic carbocycles. The maximum Gasteiger partial charge on any atom is 0.0717 e. The molecule has 3 nitrogen and oxygen atoms in total. The summed E-state index contributed by atoms with van der Waals surface area (Å²) in [5.41, 5.74) is 8.25. The van der Waals surface area contributed by atoms with E-state index in [1.807, 2.05) is 30.3 Å². The van der Waals surface area contributed by atoms with Crippen LogP contribution >= 0.6 is 24.0 Å². The second kappa shape index (κ2) is 6.71. The van der Waals surface area contributed by atoms with Crippen molar-refractivity contribution in [2.24, 2.45) is 5.73 Å². The number of nitrogens with two attached hydrogens (primary N) is 1. The van der Waals surface area contributed by atoms with E-state index >= 15 is 0 Å². The van der Waals surface area contributed by atoms with E-state index in [-0.39, 0.29) is 19.0 Å². The van der Waals surface area contributed by atoms with E-state index in [0.29, 0.717) is 5.02 Å². The highest BCUT2D eigenvalue weighted by Crippen LogP contribution is 2.28. The van der Waals surface area contributed by atoms with Crippen LogP contribution in [0.3, 0.4) is 0 Å². The van der Waals surface area contributed by atoms with Crippen molar-refractivity contribution < 1.29 is 5.11 Å². The van der Waals surface area contributed by atoms with Gasteiger partial charge in [0.15, 0.2) is 0 Å². The summed E-state index contributed by atoms with van der Waals surface area (Å²) < 4.78 is 0. The molecule has 18 heavy (non-hydrogen) atoms. The first-order chi connectivity index (χ1) is 8.22. The number of benzene rings is 1. The molecule has 0 spiro atoms. The molecule has 0 saturated carbocycles. The van der Waals surface area contributed by atoms with Crippen molar-refractivity contribution >= 4 is 24.0 Å². The van der Waals surface area contributed by atoms with Crippen molar-refractivity contribution in [2.45, 2.75) is 6.04 Å². The average molecular weight is 285 g/mol. The number of aliphatic hydroxyl groups excluding tert-OH is 1. The fraction of sp³-hybridized carbons (Fsp3) is 0.154. The zero-order valence-corrected chi connectivity index (χ0v) is 11.2. The van der Waals surface area contributed by atoms with Crippen LogP contribution in [0, 0.1) is 0 Å². The Hall–Kier alpha value is -1.13. The largest absolute Gasteiger partial charge is 0.394 e. The molecule has 0 aliphatic heterocycles. The standard InChI is InChI=1S/C13H13ClN2O.ClH/c14-11-5-4-9(12(15)8-17)7-10(11)13-3-1-2-6-16-13;/h1-7,12,17H,8,15H2;1H/t12-;/m1./s1. The SMILES string of the molecule is Cl.N[C@H](CO)c1ccc(Cl)c(-c2ccccn2)c1. The van der Waals surface area contributed by atoms with Crippen molar-refractivity contribution in [3.63, 3.8) is 0 Å². The van der Waals surface area contributed by atoms with Gasteiger partial charge in [-0.25, -0.2) is 0 Å². The van der Waals surface area contributed by atoms with Crippen molar-refractivity contribution in [1.29, 1.82) is 0 Å². The number of nitrogens with zero attached hydrogens (tertiary/aromatic N) is 1. The van der Waals surface area contributed by atoms with Gasteiger partial charge in [0.1, 0.15) is 0 Å². The Balaban J connectivity index is 0.00000162. The first-order valence-corrected chi connectivity index (χ1v) is 5.67. The highest BCUT2D eigenvalue weighted by Gasteiger charge is 2.09. The number of halogens is 2. The molecular weight excluding hydrogens is 271 g/mol. The lowest BCUT2D eigenvalue weighted by atomic mass is 10.0. The normalized spacial score (nSPS) is 11.7. The zero-order chi connectivity index (χ0) is 12.3. The fourth-order valence-electron chi connectivity index (χ4n) is 1.60. The third-order valence-electron chi connectivity index (χ3n) is 2.56. The van der Waals surface area contributed by atoms with Gasteiger partial charge < -0.3 is 10.8 Å². The van der Waals surface area contributed by atoms with E-state index < -0.39 is 6.04 Å². The number of aliphatic hydroxyl groups is 1. The topological polar surface area (TPSA) is 59.1 Å². The Morgan fingerprint density at radius 3 is 2.67 bits per heavy atom. The minimum atomic E-state index is -0.394. The Morgan fingerprint density at radius 2 is 2.06 bits per heavy atom. The maximum atomic E-state index is 9.05. The van der Waals surface area contributed by atoms with Crippen molar-refractivity contribution in [3.8, 4) is 11.3 Å². The number of hydrogen-bond acceptors (Lipinski definition) is 3. The van der Waals surface area contributed by atoms with E-state index in [1.165, 1.54) is 0 Å². The summed E-state index contributed by atoms with van der Waals surface area (Å²) in [4.78, 5) is 4.25. The van der Waals surface area contributed by atoms with Gasteiger partial charge in [0, 0.05) is 16.8 Å². The summed E-state index contributed by atoms with van der Waals surface area (Å²) >= 11 is 6.14. The molecule has 96 valence electrons. The lowest BCUT2D eigenvalue weighted by molar-refractivity contribution is 0.268. The van der Waals surface area contributed by atoms with Gasteiger partial charge in [-0.15, -0.1) is 12.4 Å². The summed E-state index contributed by atoms with van der Waals surface area (Å²) in [5, 5.41) is 9.67. The van der Waals surface area contributed by atoms with Crippen LogP contribution in [-0.2, 0) is 0 Å². The number of hydrogen-bond donors (Lipinski definition) is 2. The van der Waals surface area contributed by atoms with Gasteiger partial charge >= 0.3 is 0 Å². The second-order valence-electron chi connectivity index (χ2n) is 3.74. The highest BCUT2D eigenvalue weighted by molar-refractivity contribution is 6.33. The quantitative estimate of drug-likeness (QED) is 0.911. The molecule has 2 rings (SSSR count). The molecule has 1 aromatic carbocycles. The van der Waals surface area contributed by atoms with Crippen LogP contribution in [0.5, 0.6) is 0 Å². The molecule has 3 N–H and O–H groups in total. The van der Waals surface area contributed by atoms with Crippen molar-refractivity contribution in [3.05, 3.63) is 53.2 Å². The molecular formula is C13H14Cl2N2O. The molecule has 5 heteroatoms. The van der Waals surface area contributed by atoms with E-state index in [2.05, 4.69) is 4.98 Å². The molecule has 0 unspecified atom stereocenters. The predicted octanol–water partition coefficient (Wildman–Crippen LogP) is 2.82. The van der Waals surface area contributed by atoms with E-state index in [1.54, 1.807) is 12.3 Å². The maximum absolute atomic E-state index is 9.05. The zero-order valence-electron chi connectivity index (χ0n) is 9.58. The molecule has 0 amide bonds. The van der Waals surface area contributed by atoms with Gasteiger partial charge in [0.2, 0.25) is 0 Å². The van der Waals surface area contributed by atoms with Crippen LogP contribution in [-0.4, -0.2) is 16.7 Å². The first-order valence-electron chi connectivity index (χ1n) is 5.29. The van der Waals surface area contributed by atoms with E-state index in [9.17, 15) is 0 Å². The molecule has 0 radical (unpaired) electrons. The minimum Gasteiger partial charge on any atom is -0.394 e. The molecule has 1 aromatic heterocycles. The number of aromatic nitrogens is 1. The summed E-state index contributed by atoms with van der Waals surface area (Å²) in [6.07, 6.45) is 1.71. The summed E-state index contributed by atoms with van der Waals surface area (Å²) in [6, 6.07) is 10.7. The average Bonchev–Trinajstić information content (AvgIpc) is 2.39. The monoisotopic (exact) mass is 284 g/mol. The summed E-state index contributed by atoms with van der Waals surface area (Å²) in [6.45, 7) is -0.0940. The molecule has 0 fully saturated rings. The van der Waals surface area contributed by atoms with Crippen LogP contribution in [0.15, 0.2) is 42.6 Å². The van der Waals surface area contributed by atoms with Gasteiger partial charge in [-0.2, -0.15) is 0 Å². The predicted molar refractivity (Wildman–Crippen MR) is 75.9 cm³/mol.